The monoisotopic (exact) mass is 292 g/mol. The second-order valence-corrected chi connectivity index (χ2v) is 5.29. The van der Waals surface area contributed by atoms with E-state index in [1.807, 2.05) is 18.2 Å². The number of hydrogen-bond donors (Lipinski definition) is 2. The van der Waals surface area contributed by atoms with E-state index in [4.69, 9.17) is 9.47 Å². The lowest BCUT2D eigenvalue weighted by Crippen LogP contribution is -2.30. The highest BCUT2D eigenvalue weighted by atomic mass is 16.5. The minimum absolute atomic E-state index is 0.0407. The van der Waals surface area contributed by atoms with Crippen LogP contribution in [0.25, 0.3) is 0 Å². The molecule has 5 heteroatoms. The summed E-state index contributed by atoms with van der Waals surface area (Å²) in [5.74, 6) is 2.02. The molecular weight excluding hydrogens is 268 g/mol. The van der Waals surface area contributed by atoms with Crippen LogP contribution >= 0.6 is 0 Å². The lowest BCUT2D eigenvalue weighted by molar-refractivity contribution is -0.123. The van der Waals surface area contributed by atoms with E-state index >= 15 is 0 Å². The summed E-state index contributed by atoms with van der Waals surface area (Å²) >= 11 is 0. The van der Waals surface area contributed by atoms with E-state index in [1.54, 1.807) is 7.11 Å². The van der Waals surface area contributed by atoms with E-state index in [-0.39, 0.29) is 12.5 Å². The first-order valence-electron chi connectivity index (χ1n) is 7.50. The van der Waals surface area contributed by atoms with E-state index < -0.39 is 0 Å². The smallest absolute Gasteiger partial charge is 0.257 e. The Labute approximate surface area is 126 Å². The quantitative estimate of drug-likeness (QED) is 0.727. The zero-order valence-electron chi connectivity index (χ0n) is 12.8. The van der Waals surface area contributed by atoms with Crippen LogP contribution in [-0.2, 0) is 11.3 Å². The van der Waals surface area contributed by atoms with Gasteiger partial charge in [-0.05, 0) is 31.4 Å². The van der Waals surface area contributed by atoms with Gasteiger partial charge in [-0.1, -0.05) is 13.0 Å². The molecule has 0 spiro atoms. The highest BCUT2D eigenvalue weighted by molar-refractivity contribution is 5.77. The van der Waals surface area contributed by atoms with Crippen LogP contribution in [0.2, 0.25) is 0 Å². The molecule has 1 aliphatic rings. The molecule has 2 N–H and O–H groups in total. The second-order valence-electron chi connectivity index (χ2n) is 5.29. The Bertz CT molecular complexity index is 473. The van der Waals surface area contributed by atoms with Gasteiger partial charge in [0.2, 0.25) is 0 Å². The minimum Gasteiger partial charge on any atom is -0.497 e. The first-order valence-corrected chi connectivity index (χ1v) is 7.50. The summed E-state index contributed by atoms with van der Waals surface area (Å²) in [6.45, 7) is 4.45. The van der Waals surface area contributed by atoms with E-state index in [0.29, 0.717) is 18.2 Å². The molecular formula is C16H24N2O3. The van der Waals surface area contributed by atoms with Crippen LogP contribution in [0.1, 0.15) is 25.3 Å². The van der Waals surface area contributed by atoms with Gasteiger partial charge < -0.3 is 20.1 Å². The van der Waals surface area contributed by atoms with Gasteiger partial charge in [0.05, 0.1) is 7.11 Å². The molecule has 1 aromatic carbocycles. The third-order valence-corrected chi connectivity index (χ3v) is 3.48. The standard InChI is InChI=1S/C16H24N2O3/c1-3-17-10-13-6-7-14(20-2)8-15(13)21-11-16(19)18-9-12-4-5-12/h6-8,12,17H,3-5,9-11H2,1-2H3,(H,18,19). The highest BCUT2D eigenvalue weighted by Crippen LogP contribution is 2.27. The van der Waals surface area contributed by atoms with Crippen molar-refractivity contribution in [3.05, 3.63) is 23.8 Å². The number of rotatable bonds is 9. The largest absolute Gasteiger partial charge is 0.497 e. The third-order valence-electron chi connectivity index (χ3n) is 3.48. The maximum absolute atomic E-state index is 11.7. The predicted molar refractivity (Wildman–Crippen MR) is 81.6 cm³/mol. The summed E-state index contributed by atoms with van der Waals surface area (Å²) in [6, 6.07) is 5.67. The molecule has 1 aromatic rings. The van der Waals surface area contributed by atoms with E-state index in [1.165, 1.54) is 12.8 Å². The molecule has 0 heterocycles. The highest BCUT2D eigenvalue weighted by Gasteiger charge is 2.21. The Morgan fingerprint density at radius 2 is 2.19 bits per heavy atom. The van der Waals surface area contributed by atoms with Gasteiger partial charge in [0, 0.05) is 24.7 Å². The van der Waals surface area contributed by atoms with Crippen molar-refractivity contribution in [3.63, 3.8) is 0 Å². The lowest BCUT2D eigenvalue weighted by atomic mass is 10.2. The van der Waals surface area contributed by atoms with E-state index in [0.717, 1.165) is 24.4 Å². The van der Waals surface area contributed by atoms with Gasteiger partial charge in [0.15, 0.2) is 6.61 Å². The number of hydrogen-bond acceptors (Lipinski definition) is 4. The van der Waals surface area contributed by atoms with Crippen molar-refractivity contribution < 1.29 is 14.3 Å². The van der Waals surface area contributed by atoms with Crippen molar-refractivity contribution in [2.45, 2.75) is 26.3 Å². The molecule has 2 rings (SSSR count). The summed E-state index contributed by atoms with van der Waals surface area (Å²) in [4.78, 5) is 11.7. The van der Waals surface area contributed by atoms with Gasteiger partial charge >= 0.3 is 0 Å². The van der Waals surface area contributed by atoms with Crippen LogP contribution in [0.3, 0.4) is 0 Å². The predicted octanol–water partition coefficient (Wildman–Crippen LogP) is 1.71. The average molecular weight is 292 g/mol. The molecule has 21 heavy (non-hydrogen) atoms. The molecule has 0 unspecified atom stereocenters. The summed E-state index contributed by atoms with van der Waals surface area (Å²) in [6.07, 6.45) is 2.45. The van der Waals surface area contributed by atoms with Crippen molar-refractivity contribution in [1.82, 2.24) is 10.6 Å². The first kappa shape index (κ1) is 15.6. The Kier molecular flexibility index (Phi) is 5.87. The zero-order chi connectivity index (χ0) is 15.1. The van der Waals surface area contributed by atoms with Crippen molar-refractivity contribution in [1.29, 1.82) is 0 Å². The molecule has 0 saturated heterocycles. The summed E-state index contributed by atoms with van der Waals surface area (Å²) in [7, 11) is 1.62. The molecule has 5 nitrogen and oxygen atoms in total. The van der Waals surface area contributed by atoms with E-state index in [9.17, 15) is 4.79 Å². The summed E-state index contributed by atoms with van der Waals surface area (Å²) < 4.78 is 10.9. The van der Waals surface area contributed by atoms with Gasteiger partial charge in [-0.25, -0.2) is 0 Å². The maximum Gasteiger partial charge on any atom is 0.257 e. The average Bonchev–Trinajstić information content (AvgIpc) is 3.33. The lowest BCUT2D eigenvalue weighted by Gasteiger charge is -2.13. The Morgan fingerprint density at radius 3 is 2.86 bits per heavy atom. The molecule has 1 aliphatic carbocycles. The number of benzene rings is 1. The second kappa shape index (κ2) is 7.88. The molecule has 1 fully saturated rings. The molecule has 0 atom stereocenters. The number of carbonyl (C=O) groups is 1. The van der Waals surface area contributed by atoms with Crippen LogP contribution in [0.15, 0.2) is 18.2 Å². The van der Waals surface area contributed by atoms with Crippen molar-refractivity contribution >= 4 is 5.91 Å². The fraction of sp³-hybridized carbons (Fsp3) is 0.562. The van der Waals surface area contributed by atoms with Gasteiger partial charge in [0.25, 0.3) is 5.91 Å². The van der Waals surface area contributed by atoms with Gasteiger partial charge in [-0.15, -0.1) is 0 Å². The Morgan fingerprint density at radius 1 is 1.38 bits per heavy atom. The van der Waals surface area contributed by atoms with Gasteiger partial charge in [-0.3, -0.25) is 4.79 Å². The van der Waals surface area contributed by atoms with Gasteiger partial charge in [0.1, 0.15) is 11.5 Å². The Balaban J connectivity index is 1.89. The molecule has 0 aromatic heterocycles. The Hall–Kier alpha value is -1.75. The van der Waals surface area contributed by atoms with Crippen LogP contribution in [0.4, 0.5) is 0 Å². The van der Waals surface area contributed by atoms with Crippen molar-refractivity contribution in [2.24, 2.45) is 5.92 Å². The minimum atomic E-state index is -0.0703. The van der Waals surface area contributed by atoms with Crippen LogP contribution in [0, 0.1) is 5.92 Å². The fourth-order valence-corrected chi connectivity index (χ4v) is 1.98. The van der Waals surface area contributed by atoms with Gasteiger partial charge in [-0.2, -0.15) is 0 Å². The van der Waals surface area contributed by atoms with Crippen molar-refractivity contribution in [2.75, 3.05) is 26.8 Å². The number of methoxy groups -OCH3 is 1. The van der Waals surface area contributed by atoms with Crippen LogP contribution in [-0.4, -0.2) is 32.7 Å². The number of carbonyl (C=O) groups excluding carboxylic acids is 1. The molecule has 0 aliphatic heterocycles. The molecule has 0 radical (unpaired) electrons. The molecule has 116 valence electrons. The molecule has 1 saturated carbocycles. The number of amides is 1. The van der Waals surface area contributed by atoms with Crippen LogP contribution in [0.5, 0.6) is 11.5 Å². The normalized spacial score (nSPS) is 13.8. The number of nitrogens with one attached hydrogen (secondary N) is 2. The molecule has 1 amide bonds. The maximum atomic E-state index is 11.7. The summed E-state index contributed by atoms with van der Waals surface area (Å²) in [5, 5.41) is 6.15. The summed E-state index contributed by atoms with van der Waals surface area (Å²) in [5.41, 5.74) is 1.02. The number of ether oxygens (including phenoxy) is 2. The third kappa shape index (κ3) is 5.27. The van der Waals surface area contributed by atoms with Crippen molar-refractivity contribution in [3.8, 4) is 11.5 Å². The first-order chi connectivity index (χ1) is 10.2. The fourth-order valence-electron chi connectivity index (χ4n) is 1.98. The molecule has 0 bridgehead atoms. The topological polar surface area (TPSA) is 59.6 Å². The SMILES string of the molecule is CCNCc1ccc(OC)cc1OCC(=O)NCC1CC1. The zero-order valence-corrected chi connectivity index (χ0v) is 12.8. The van der Waals surface area contributed by atoms with Crippen LogP contribution < -0.4 is 20.1 Å². The van der Waals surface area contributed by atoms with E-state index in [2.05, 4.69) is 17.6 Å².